The minimum Gasteiger partial charge on any atom is -0.336 e. The van der Waals surface area contributed by atoms with Gasteiger partial charge in [0.1, 0.15) is 5.82 Å². The Balaban J connectivity index is 1.89. The van der Waals surface area contributed by atoms with E-state index in [1.165, 1.54) is 0 Å². The van der Waals surface area contributed by atoms with Crippen molar-refractivity contribution < 1.29 is 4.79 Å². The third-order valence-electron chi connectivity index (χ3n) is 6.42. The van der Waals surface area contributed by atoms with E-state index in [-0.39, 0.29) is 23.4 Å². The van der Waals surface area contributed by atoms with Gasteiger partial charge in [0.25, 0.3) is 5.56 Å². The highest BCUT2D eigenvalue weighted by molar-refractivity contribution is 5.80. The zero-order valence-corrected chi connectivity index (χ0v) is 18.0. The second-order valence-corrected chi connectivity index (χ2v) is 8.22. The van der Waals surface area contributed by atoms with E-state index < -0.39 is 0 Å². The monoisotopic (exact) mass is 403 g/mol. The molecule has 0 spiro atoms. The van der Waals surface area contributed by atoms with Crippen LogP contribution in [-0.4, -0.2) is 27.4 Å². The first-order chi connectivity index (χ1) is 14.5. The number of aromatic nitrogens is 2. The molecule has 1 aliphatic rings. The molecule has 30 heavy (non-hydrogen) atoms. The van der Waals surface area contributed by atoms with Crippen LogP contribution < -0.4 is 5.56 Å². The van der Waals surface area contributed by atoms with Gasteiger partial charge in [0.15, 0.2) is 0 Å². The van der Waals surface area contributed by atoms with Gasteiger partial charge in [-0.25, -0.2) is 4.98 Å². The molecule has 1 unspecified atom stereocenters. The maximum absolute atomic E-state index is 13.6. The average Bonchev–Trinajstić information content (AvgIpc) is 3.32. The first kappa shape index (κ1) is 20.3. The molecule has 1 saturated carbocycles. The highest BCUT2D eigenvalue weighted by Gasteiger charge is 2.30. The minimum atomic E-state index is -0.319. The van der Waals surface area contributed by atoms with Gasteiger partial charge >= 0.3 is 0 Å². The number of benzene rings is 2. The molecule has 1 amide bonds. The second-order valence-electron chi connectivity index (χ2n) is 8.22. The average molecular weight is 404 g/mol. The number of hydrogen-bond donors (Lipinski definition) is 0. The van der Waals surface area contributed by atoms with E-state index in [2.05, 4.69) is 6.92 Å². The fourth-order valence-corrected chi connectivity index (χ4v) is 4.52. The largest absolute Gasteiger partial charge is 0.336 e. The number of amides is 1. The fourth-order valence-electron chi connectivity index (χ4n) is 4.52. The van der Waals surface area contributed by atoms with Crippen LogP contribution in [0.4, 0.5) is 0 Å². The van der Waals surface area contributed by atoms with Gasteiger partial charge in [-0.1, -0.05) is 50.1 Å². The third kappa shape index (κ3) is 3.53. The molecule has 2 aromatic carbocycles. The van der Waals surface area contributed by atoms with Crippen molar-refractivity contribution in [3.05, 3.63) is 70.3 Å². The van der Waals surface area contributed by atoms with E-state index in [1.54, 1.807) is 9.47 Å². The normalized spacial score (nSPS) is 15.4. The molecule has 0 aliphatic heterocycles. The molecule has 1 aliphatic carbocycles. The highest BCUT2D eigenvalue weighted by Crippen LogP contribution is 2.30. The Labute approximate surface area is 177 Å². The lowest BCUT2D eigenvalue weighted by Crippen LogP contribution is -2.37. The topological polar surface area (TPSA) is 55.2 Å². The number of nitrogens with zero attached hydrogens (tertiary/aromatic N) is 3. The van der Waals surface area contributed by atoms with Crippen molar-refractivity contribution in [2.45, 2.75) is 52.0 Å². The molecular weight excluding hydrogens is 374 g/mol. The Bertz CT molecular complexity index is 1130. The smallest absolute Gasteiger partial charge is 0.266 e. The number of fused-ring (bicyclic) bond motifs is 1. The van der Waals surface area contributed by atoms with Gasteiger partial charge in [-0.2, -0.15) is 0 Å². The van der Waals surface area contributed by atoms with E-state index in [9.17, 15) is 9.59 Å². The van der Waals surface area contributed by atoms with E-state index >= 15 is 0 Å². The fraction of sp³-hybridized carbons (Fsp3) is 0.400. The van der Waals surface area contributed by atoms with Crippen molar-refractivity contribution in [2.75, 3.05) is 7.05 Å². The van der Waals surface area contributed by atoms with Crippen molar-refractivity contribution in [2.24, 2.45) is 5.92 Å². The van der Waals surface area contributed by atoms with Crippen LogP contribution in [0.15, 0.2) is 53.3 Å². The van der Waals surface area contributed by atoms with E-state index in [0.717, 1.165) is 43.4 Å². The highest BCUT2D eigenvalue weighted by atomic mass is 16.2. The van der Waals surface area contributed by atoms with Crippen LogP contribution in [0, 0.1) is 5.92 Å². The predicted molar refractivity (Wildman–Crippen MR) is 120 cm³/mol. The molecule has 3 aromatic rings. The quantitative estimate of drug-likeness (QED) is 0.623. The van der Waals surface area contributed by atoms with Crippen LogP contribution >= 0.6 is 0 Å². The second kappa shape index (κ2) is 8.42. The van der Waals surface area contributed by atoms with E-state index in [1.807, 2.05) is 62.5 Å². The Morgan fingerprint density at radius 2 is 1.80 bits per heavy atom. The molecule has 1 atom stereocenters. The Kier molecular flexibility index (Phi) is 5.71. The Morgan fingerprint density at radius 1 is 1.13 bits per heavy atom. The zero-order chi connectivity index (χ0) is 21.3. The van der Waals surface area contributed by atoms with Crippen molar-refractivity contribution in [1.29, 1.82) is 0 Å². The Hall–Kier alpha value is -2.95. The number of hydrogen-bond acceptors (Lipinski definition) is 3. The number of rotatable bonds is 5. The van der Waals surface area contributed by atoms with Crippen LogP contribution in [0.3, 0.4) is 0 Å². The maximum Gasteiger partial charge on any atom is 0.266 e. The summed E-state index contributed by atoms with van der Waals surface area (Å²) >= 11 is 0. The predicted octanol–water partition coefficient (Wildman–Crippen LogP) is 4.66. The van der Waals surface area contributed by atoms with Crippen molar-refractivity contribution >= 4 is 16.8 Å². The summed E-state index contributed by atoms with van der Waals surface area (Å²) in [6.07, 6.45) is 4.93. The molecule has 5 nitrogen and oxygen atoms in total. The standard InChI is InChI=1S/C25H29N3O2/c1-4-18-11-7-10-16-22(18)28-23(26-21-15-9-8-14-20(21)25(28)30)17(2)27(3)24(29)19-12-5-6-13-19/h7-11,14-17,19H,4-6,12-13H2,1-3H3. The van der Waals surface area contributed by atoms with Gasteiger partial charge in [0.2, 0.25) is 5.91 Å². The lowest BCUT2D eigenvalue weighted by Gasteiger charge is -2.29. The molecule has 4 rings (SSSR count). The molecule has 5 heteroatoms. The summed E-state index contributed by atoms with van der Waals surface area (Å²) in [4.78, 5) is 33.3. The zero-order valence-electron chi connectivity index (χ0n) is 18.0. The van der Waals surface area contributed by atoms with Gasteiger partial charge < -0.3 is 4.90 Å². The van der Waals surface area contributed by atoms with E-state index in [0.29, 0.717) is 16.7 Å². The maximum atomic E-state index is 13.6. The summed E-state index contributed by atoms with van der Waals surface area (Å²) in [5, 5.41) is 0.587. The van der Waals surface area contributed by atoms with Gasteiger partial charge in [-0.05, 0) is 49.9 Å². The molecule has 0 N–H and O–H groups in total. The summed E-state index contributed by atoms with van der Waals surface area (Å²) in [5.74, 6) is 0.840. The molecule has 1 heterocycles. The number of aryl methyl sites for hydroxylation is 1. The summed E-state index contributed by atoms with van der Waals surface area (Å²) in [5.41, 5.74) is 2.49. The van der Waals surface area contributed by atoms with Gasteiger partial charge in [-0.15, -0.1) is 0 Å². The molecule has 0 radical (unpaired) electrons. The van der Waals surface area contributed by atoms with Crippen molar-refractivity contribution in [1.82, 2.24) is 14.5 Å². The summed E-state index contributed by atoms with van der Waals surface area (Å²) < 4.78 is 1.71. The lowest BCUT2D eigenvalue weighted by atomic mass is 10.1. The van der Waals surface area contributed by atoms with Gasteiger partial charge in [0.05, 0.1) is 22.6 Å². The minimum absolute atomic E-state index is 0.0843. The van der Waals surface area contributed by atoms with Crippen LogP contribution in [0.25, 0.3) is 16.6 Å². The molecule has 1 aromatic heterocycles. The van der Waals surface area contributed by atoms with Crippen LogP contribution in [0.2, 0.25) is 0 Å². The summed E-state index contributed by atoms with van der Waals surface area (Å²) in [6.45, 7) is 4.05. The molecular formula is C25H29N3O2. The number of carbonyl (C=O) groups is 1. The molecule has 0 saturated heterocycles. The summed E-state index contributed by atoms with van der Waals surface area (Å²) in [7, 11) is 1.84. The third-order valence-corrected chi connectivity index (χ3v) is 6.42. The first-order valence-electron chi connectivity index (χ1n) is 10.9. The first-order valence-corrected chi connectivity index (χ1v) is 10.9. The SMILES string of the molecule is CCc1ccccc1-n1c(C(C)N(C)C(=O)C2CCCC2)nc2ccccc2c1=O. The van der Waals surface area contributed by atoms with Crippen molar-refractivity contribution in [3.8, 4) is 5.69 Å². The molecule has 0 bridgehead atoms. The molecule has 1 fully saturated rings. The molecule has 156 valence electrons. The van der Waals surface area contributed by atoms with Gasteiger partial charge in [0, 0.05) is 13.0 Å². The van der Waals surface area contributed by atoms with Crippen LogP contribution in [-0.2, 0) is 11.2 Å². The van der Waals surface area contributed by atoms with Gasteiger partial charge in [-0.3, -0.25) is 14.2 Å². The number of para-hydroxylation sites is 2. The van der Waals surface area contributed by atoms with Crippen molar-refractivity contribution in [3.63, 3.8) is 0 Å². The summed E-state index contributed by atoms with van der Waals surface area (Å²) in [6, 6.07) is 15.0. The Morgan fingerprint density at radius 3 is 2.53 bits per heavy atom. The van der Waals surface area contributed by atoms with Crippen LogP contribution in [0.1, 0.15) is 57.0 Å². The van der Waals surface area contributed by atoms with Crippen LogP contribution in [0.5, 0.6) is 0 Å². The lowest BCUT2D eigenvalue weighted by molar-refractivity contribution is -0.136. The number of carbonyl (C=O) groups excluding carboxylic acids is 1. The van der Waals surface area contributed by atoms with E-state index in [4.69, 9.17) is 4.98 Å².